The standard InChI is InChI=1S/C34H34N4O3/c1-4-31(37(23-22-25-10-6-5-7-11-25)34(40)35-26-16-14-24(2)15-17-26)32-36-30-13-9-8-12-29(30)33(39)38(32)27-18-20-28(41-3)21-19-27/h5-21,31H,4,22-23H2,1-3H3,(H,35,40). The molecule has 208 valence electrons. The van der Waals surface area contributed by atoms with E-state index in [1.165, 1.54) is 0 Å². The third-order valence-electron chi connectivity index (χ3n) is 7.24. The van der Waals surface area contributed by atoms with Crippen LogP contribution in [0, 0.1) is 6.92 Å². The number of hydrogen-bond donors (Lipinski definition) is 1. The molecule has 1 aromatic heterocycles. The Morgan fingerprint density at radius 2 is 1.61 bits per heavy atom. The van der Waals surface area contributed by atoms with E-state index in [0.29, 0.717) is 53.2 Å². The lowest BCUT2D eigenvalue weighted by atomic mass is 10.1. The number of para-hydroxylation sites is 1. The molecule has 0 aliphatic rings. The molecular formula is C34H34N4O3. The van der Waals surface area contributed by atoms with Gasteiger partial charge in [0.05, 0.1) is 29.7 Å². The summed E-state index contributed by atoms with van der Waals surface area (Å²) >= 11 is 0. The van der Waals surface area contributed by atoms with Gasteiger partial charge in [0.15, 0.2) is 0 Å². The van der Waals surface area contributed by atoms with Gasteiger partial charge in [-0.1, -0.05) is 67.1 Å². The number of amides is 2. The quantitative estimate of drug-likeness (QED) is 0.217. The zero-order valence-corrected chi connectivity index (χ0v) is 23.6. The molecule has 0 saturated carbocycles. The third kappa shape index (κ3) is 6.14. The average Bonchev–Trinajstić information content (AvgIpc) is 3.01. The number of aromatic nitrogens is 2. The van der Waals surface area contributed by atoms with Crippen LogP contribution in [0.2, 0.25) is 0 Å². The van der Waals surface area contributed by atoms with E-state index in [4.69, 9.17) is 9.72 Å². The largest absolute Gasteiger partial charge is 0.497 e. The van der Waals surface area contributed by atoms with Gasteiger partial charge in [0.1, 0.15) is 11.6 Å². The van der Waals surface area contributed by atoms with Gasteiger partial charge in [-0.2, -0.15) is 0 Å². The fraction of sp³-hybridized carbons (Fsp3) is 0.206. The number of aryl methyl sites for hydroxylation is 1. The number of rotatable bonds is 9. The first-order valence-electron chi connectivity index (χ1n) is 13.8. The Bertz CT molecular complexity index is 1680. The molecule has 0 spiro atoms. The Labute approximate surface area is 240 Å². The molecule has 0 saturated heterocycles. The molecule has 7 nitrogen and oxygen atoms in total. The Morgan fingerprint density at radius 1 is 0.927 bits per heavy atom. The van der Waals surface area contributed by atoms with Crippen LogP contribution in [0.15, 0.2) is 108 Å². The summed E-state index contributed by atoms with van der Waals surface area (Å²) in [6.07, 6.45) is 1.20. The number of urea groups is 1. The zero-order chi connectivity index (χ0) is 28.8. The Kier molecular flexibility index (Phi) is 8.44. The number of anilines is 1. The minimum Gasteiger partial charge on any atom is -0.497 e. The first-order chi connectivity index (χ1) is 20.0. The molecule has 1 N–H and O–H groups in total. The van der Waals surface area contributed by atoms with Crippen LogP contribution in [-0.4, -0.2) is 34.1 Å². The first kappa shape index (κ1) is 27.6. The van der Waals surface area contributed by atoms with Crippen molar-refractivity contribution >= 4 is 22.6 Å². The predicted octanol–water partition coefficient (Wildman–Crippen LogP) is 6.93. The van der Waals surface area contributed by atoms with Crippen molar-refractivity contribution in [1.29, 1.82) is 0 Å². The highest BCUT2D eigenvalue weighted by atomic mass is 16.5. The van der Waals surface area contributed by atoms with E-state index in [1.807, 2.05) is 98.8 Å². The molecule has 0 bridgehead atoms. The van der Waals surface area contributed by atoms with Crippen LogP contribution in [-0.2, 0) is 6.42 Å². The highest BCUT2D eigenvalue weighted by Crippen LogP contribution is 2.28. The Morgan fingerprint density at radius 3 is 2.29 bits per heavy atom. The van der Waals surface area contributed by atoms with Gasteiger partial charge in [-0.25, -0.2) is 9.78 Å². The van der Waals surface area contributed by atoms with E-state index in [9.17, 15) is 9.59 Å². The zero-order valence-electron chi connectivity index (χ0n) is 23.6. The summed E-state index contributed by atoms with van der Waals surface area (Å²) in [6.45, 7) is 4.46. The van der Waals surface area contributed by atoms with E-state index in [-0.39, 0.29) is 11.6 Å². The van der Waals surface area contributed by atoms with Gasteiger partial charge in [0.25, 0.3) is 5.56 Å². The molecule has 1 heterocycles. The van der Waals surface area contributed by atoms with Gasteiger partial charge in [-0.05, 0) is 73.9 Å². The van der Waals surface area contributed by atoms with Gasteiger partial charge in [0.2, 0.25) is 0 Å². The normalized spacial score (nSPS) is 11.7. The summed E-state index contributed by atoms with van der Waals surface area (Å²) in [5.41, 5.74) is 4.01. The fourth-order valence-corrected chi connectivity index (χ4v) is 5.02. The van der Waals surface area contributed by atoms with Crippen LogP contribution in [0.5, 0.6) is 5.75 Å². The smallest absolute Gasteiger partial charge is 0.322 e. The molecule has 41 heavy (non-hydrogen) atoms. The van der Waals surface area contributed by atoms with Crippen molar-refractivity contribution in [2.24, 2.45) is 0 Å². The molecule has 0 radical (unpaired) electrons. The maximum atomic E-state index is 14.0. The van der Waals surface area contributed by atoms with Crippen molar-refractivity contribution in [3.05, 3.63) is 130 Å². The first-order valence-corrected chi connectivity index (χ1v) is 13.8. The predicted molar refractivity (Wildman–Crippen MR) is 164 cm³/mol. The maximum Gasteiger partial charge on any atom is 0.322 e. The van der Waals surface area contributed by atoms with Crippen LogP contribution in [0.4, 0.5) is 10.5 Å². The second-order valence-corrected chi connectivity index (χ2v) is 9.97. The molecule has 0 fully saturated rings. The molecule has 2 amide bonds. The summed E-state index contributed by atoms with van der Waals surface area (Å²) in [5.74, 6) is 1.19. The van der Waals surface area contributed by atoms with Crippen LogP contribution < -0.4 is 15.6 Å². The summed E-state index contributed by atoms with van der Waals surface area (Å²) in [5, 5.41) is 3.59. The number of ether oxygens (including phenoxy) is 1. The van der Waals surface area contributed by atoms with E-state index in [2.05, 4.69) is 17.4 Å². The number of methoxy groups -OCH3 is 1. The third-order valence-corrected chi connectivity index (χ3v) is 7.24. The van der Waals surface area contributed by atoms with Crippen LogP contribution >= 0.6 is 0 Å². The molecule has 5 rings (SSSR count). The topological polar surface area (TPSA) is 76.5 Å². The van der Waals surface area contributed by atoms with Crippen molar-refractivity contribution in [3.63, 3.8) is 0 Å². The molecule has 7 heteroatoms. The molecule has 0 aliphatic heterocycles. The average molecular weight is 547 g/mol. The molecule has 0 aliphatic carbocycles. The van der Waals surface area contributed by atoms with Gasteiger partial charge < -0.3 is 15.0 Å². The number of fused-ring (bicyclic) bond motifs is 1. The number of benzene rings is 4. The lowest BCUT2D eigenvalue weighted by molar-refractivity contribution is 0.182. The van der Waals surface area contributed by atoms with Crippen molar-refractivity contribution in [2.45, 2.75) is 32.7 Å². The molecular weight excluding hydrogens is 512 g/mol. The van der Waals surface area contributed by atoms with Gasteiger partial charge >= 0.3 is 6.03 Å². The van der Waals surface area contributed by atoms with E-state index >= 15 is 0 Å². The van der Waals surface area contributed by atoms with Crippen LogP contribution in [0.3, 0.4) is 0 Å². The number of carbonyl (C=O) groups excluding carboxylic acids is 1. The van der Waals surface area contributed by atoms with Crippen molar-refractivity contribution in [3.8, 4) is 11.4 Å². The number of hydrogen-bond acceptors (Lipinski definition) is 4. The van der Waals surface area contributed by atoms with Gasteiger partial charge in [-0.3, -0.25) is 9.36 Å². The number of nitrogens with zero attached hydrogens (tertiary/aromatic N) is 3. The summed E-state index contributed by atoms with van der Waals surface area (Å²) < 4.78 is 6.98. The van der Waals surface area contributed by atoms with Crippen molar-refractivity contribution in [1.82, 2.24) is 14.5 Å². The summed E-state index contributed by atoms with van der Waals surface area (Å²) in [6, 6.07) is 31.7. The lowest BCUT2D eigenvalue weighted by Gasteiger charge is -2.32. The lowest BCUT2D eigenvalue weighted by Crippen LogP contribution is -2.42. The monoisotopic (exact) mass is 546 g/mol. The molecule has 4 aromatic carbocycles. The van der Waals surface area contributed by atoms with Crippen LogP contribution in [0.1, 0.15) is 36.3 Å². The minimum absolute atomic E-state index is 0.184. The Balaban J connectivity index is 1.63. The van der Waals surface area contributed by atoms with Crippen molar-refractivity contribution < 1.29 is 9.53 Å². The van der Waals surface area contributed by atoms with Gasteiger partial charge in [-0.15, -0.1) is 0 Å². The van der Waals surface area contributed by atoms with Gasteiger partial charge in [0, 0.05) is 12.2 Å². The van der Waals surface area contributed by atoms with Crippen LogP contribution in [0.25, 0.3) is 16.6 Å². The molecule has 1 unspecified atom stereocenters. The van der Waals surface area contributed by atoms with E-state index in [1.54, 1.807) is 22.6 Å². The highest BCUT2D eigenvalue weighted by Gasteiger charge is 2.29. The maximum absolute atomic E-state index is 14.0. The second-order valence-electron chi connectivity index (χ2n) is 9.97. The number of carbonyl (C=O) groups is 1. The highest BCUT2D eigenvalue weighted by molar-refractivity contribution is 5.89. The second kappa shape index (κ2) is 12.5. The SMILES string of the molecule is CCC(c1nc2ccccc2c(=O)n1-c1ccc(OC)cc1)N(CCc1ccccc1)C(=O)Nc1ccc(C)cc1. The fourth-order valence-electron chi connectivity index (χ4n) is 5.02. The van der Waals surface area contributed by atoms with E-state index in [0.717, 1.165) is 11.1 Å². The Hall–Kier alpha value is -4.91. The number of nitrogens with one attached hydrogen (secondary N) is 1. The van der Waals surface area contributed by atoms with Crippen molar-refractivity contribution in [2.75, 3.05) is 19.0 Å². The molecule has 1 atom stereocenters. The van der Waals surface area contributed by atoms with E-state index < -0.39 is 6.04 Å². The molecule has 5 aromatic rings. The summed E-state index contributed by atoms with van der Waals surface area (Å²) in [4.78, 5) is 34.8. The minimum atomic E-state index is -0.483. The summed E-state index contributed by atoms with van der Waals surface area (Å²) in [7, 11) is 1.61.